The van der Waals surface area contributed by atoms with Gasteiger partial charge in [-0.05, 0) is 36.6 Å². The zero-order chi connectivity index (χ0) is 15.9. The van der Waals surface area contributed by atoms with E-state index in [0.717, 1.165) is 4.31 Å². The largest absolute Gasteiger partial charge is 0.755 e. The lowest BCUT2D eigenvalue weighted by Crippen LogP contribution is -2.18. The third-order valence-corrected chi connectivity index (χ3v) is 4.86. The first-order valence-electron chi connectivity index (χ1n) is 6.19. The second kappa shape index (κ2) is 5.56. The van der Waals surface area contributed by atoms with E-state index in [1.165, 1.54) is 11.3 Å². The molecule has 6 nitrogen and oxygen atoms in total. The Morgan fingerprint density at radius 2 is 2.14 bits per heavy atom. The van der Waals surface area contributed by atoms with E-state index in [1.807, 2.05) is 0 Å². The Kier molecular flexibility index (Phi) is 3.73. The molecular formula is C14H10NO5S2-. The molecule has 0 aliphatic carbocycles. The van der Waals surface area contributed by atoms with Crippen LogP contribution in [-0.2, 0) is 11.3 Å². The highest BCUT2D eigenvalue weighted by molar-refractivity contribution is 7.81. The van der Waals surface area contributed by atoms with Gasteiger partial charge in [-0.1, -0.05) is 6.07 Å². The van der Waals surface area contributed by atoms with Crippen molar-refractivity contribution in [2.45, 2.75) is 6.92 Å². The van der Waals surface area contributed by atoms with Gasteiger partial charge in [0.05, 0.1) is 17.0 Å². The number of carboxylic acid groups (broad SMARTS) is 1. The maximum atomic E-state index is 11.7. The summed E-state index contributed by atoms with van der Waals surface area (Å²) in [5.74, 6) is -1.38. The Labute approximate surface area is 132 Å². The zero-order valence-electron chi connectivity index (χ0n) is 11.3. The molecule has 0 bridgehead atoms. The smallest absolute Gasteiger partial charge is 0.372 e. The summed E-state index contributed by atoms with van der Waals surface area (Å²) < 4.78 is 29.8. The van der Waals surface area contributed by atoms with Crippen molar-refractivity contribution < 1.29 is 23.1 Å². The lowest BCUT2D eigenvalue weighted by atomic mass is 10.1. The summed E-state index contributed by atoms with van der Waals surface area (Å²) in [6, 6.07) is 8.27. The van der Waals surface area contributed by atoms with Crippen molar-refractivity contribution in [3.63, 3.8) is 0 Å². The van der Waals surface area contributed by atoms with Gasteiger partial charge < -0.3 is 14.1 Å². The Hall–Kier alpha value is -2.16. The maximum Gasteiger partial charge on any atom is 0.372 e. The summed E-state index contributed by atoms with van der Waals surface area (Å²) in [6.45, 7) is 1.60. The van der Waals surface area contributed by atoms with Gasteiger partial charge >= 0.3 is 5.97 Å². The quantitative estimate of drug-likeness (QED) is 0.737. The molecule has 1 atom stereocenters. The molecule has 0 amide bonds. The number of rotatable bonds is 4. The highest BCUT2D eigenvalue weighted by Gasteiger charge is 2.22. The summed E-state index contributed by atoms with van der Waals surface area (Å²) in [5, 5.41) is 11.9. The Balaban J connectivity index is 2.30. The number of thiophene rings is 1. The van der Waals surface area contributed by atoms with Crippen LogP contribution in [0.3, 0.4) is 0 Å². The van der Waals surface area contributed by atoms with Crippen LogP contribution in [0.1, 0.15) is 16.1 Å². The van der Waals surface area contributed by atoms with Crippen LogP contribution in [0.2, 0.25) is 0 Å². The molecule has 0 radical (unpaired) electrons. The van der Waals surface area contributed by atoms with E-state index in [-0.39, 0.29) is 5.76 Å². The summed E-state index contributed by atoms with van der Waals surface area (Å²) >= 11 is -1.28. The van der Waals surface area contributed by atoms with Crippen molar-refractivity contribution >= 4 is 50.2 Å². The molecule has 1 N–H and O–H groups in total. The molecule has 1 unspecified atom stereocenters. The summed E-state index contributed by atoms with van der Waals surface area (Å²) in [4.78, 5) is 11.2. The van der Waals surface area contributed by atoms with E-state index in [4.69, 9.17) is 9.52 Å². The number of fused-ring (bicyclic) bond motifs is 1. The van der Waals surface area contributed by atoms with Crippen molar-refractivity contribution in [2.24, 2.45) is 0 Å². The van der Waals surface area contributed by atoms with E-state index in [9.17, 15) is 13.6 Å². The molecule has 0 fully saturated rings. The highest BCUT2D eigenvalue weighted by Crippen LogP contribution is 2.39. The lowest BCUT2D eigenvalue weighted by Gasteiger charge is -2.25. The van der Waals surface area contributed by atoms with Crippen LogP contribution in [0.15, 0.2) is 40.1 Å². The van der Waals surface area contributed by atoms with Crippen LogP contribution in [0.5, 0.6) is 0 Å². The number of furan rings is 1. The minimum Gasteiger partial charge on any atom is -0.755 e. The standard InChI is InChI=1S/C14H11NO5S2/c1-8-12-9(15(22(18)19)11-6-3-7-21-11)4-2-5-10(12)20-13(8)14(16)17/h2-7H,1H3,(H,16,17)(H,18,19)/p-1. The van der Waals surface area contributed by atoms with Gasteiger partial charge in [0.1, 0.15) is 10.6 Å². The van der Waals surface area contributed by atoms with E-state index in [0.29, 0.717) is 27.2 Å². The SMILES string of the molecule is Cc1c(C(=O)O)oc2cccc(N(c3cccs3)S(=O)[O-])c12. The minimum absolute atomic E-state index is 0.190. The average Bonchev–Trinajstić information content (AvgIpc) is 3.08. The Bertz CT molecular complexity index is 869. The summed E-state index contributed by atoms with van der Waals surface area (Å²) in [5.41, 5.74) is 1.09. The molecule has 0 spiro atoms. The number of carboxylic acids is 1. The van der Waals surface area contributed by atoms with E-state index >= 15 is 0 Å². The highest BCUT2D eigenvalue weighted by atomic mass is 32.2. The third kappa shape index (κ3) is 2.31. The van der Waals surface area contributed by atoms with Gasteiger partial charge in [-0.25, -0.2) is 4.79 Å². The maximum absolute atomic E-state index is 11.7. The van der Waals surface area contributed by atoms with Gasteiger partial charge in [0.25, 0.3) is 0 Å². The van der Waals surface area contributed by atoms with Crippen molar-refractivity contribution in [3.8, 4) is 0 Å². The number of carbonyl (C=O) groups is 1. The number of nitrogens with zero attached hydrogens (tertiary/aromatic N) is 1. The monoisotopic (exact) mass is 336 g/mol. The predicted molar refractivity (Wildman–Crippen MR) is 83.3 cm³/mol. The summed E-state index contributed by atoms with van der Waals surface area (Å²) in [6.07, 6.45) is 0. The van der Waals surface area contributed by atoms with Gasteiger partial charge in [0.15, 0.2) is 0 Å². The average molecular weight is 336 g/mol. The fourth-order valence-corrected chi connectivity index (χ4v) is 3.79. The first-order valence-corrected chi connectivity index (χ1v) is 8.10. The lowest BCUT2D eigenvalue weighted by molar-refractivity contribution is 0.0664. The van der Waals surface area contributed by atoms with Crippen LogP contribution >= 0.6 is 11.3 Å². The molecule has 114 valence electrons. The van der Waals surface area contributed by atoms with Gasteiger partial charge in [-0.3, -0.25) is 8.51 Å². The third-order valence-electron chi connectivity index (χ3n) is 3.20. The van der Waals surface area contributed by atoms with Gasteiger partial charge in [-0.15, -0.1) is 11.3 Å². The number of aryl methyl sites for hydroxylation is 1. The van der Waals surface area contributed by atoms with Crippen LogP contribution in [0.25, 0.3) is 11.0 Å². The molecule has 22 heavy (non-hydrogen) atoms. The van der Waals surface area contributed by atoms with Gasteiger partial charge in [0, 0.05) is 10.9 Å². The van der Waals surface area contributed by atoms with Gasteiger partial charge in [0.2, 0.25) is 5.76 Å². The predicted octanol–water partition coefficient (Wildman–Crippen LogP) is 3.43. The van der Waals surface area contributed by atoms with Crippen LogP contribution in [0, 0.1) is 6.92 Å². The molecule has 0 saturated heterocycles. The molecule has 8 heteroatoms. The molecule has 2 aromatic heterocycles. The second-order valence-corrected chi connectivity index (χ2v) is 6.20. The van der Waals surface area contributed by atoms with E-state index in [1.54, 1.807) is 42.6 Å². The molecule has 0 saturated carbocycles. The van der Waals surface area contributed by atoms with Crippen molar-refractivity contribution in [2.75, 3.05) is 4.31 Å². The molecule has 2 heterocycles. The fourth-order valence-electron chi connectivity index (χ4n) is 2.31. The van der Waals surface area contributed by atoms with Crippen molar-refractivity contribution in [1.29, 1.82) is 0 Å². The molecule has 3 rings (SSSR count). The molecule has 3 aromatic rings. The number of hydrogen-bond donors (Lipinski definition) is 1. The number of benzene rings is 1. The van der Waals surface area contributed by atoms with Crippen molar-refractivity contribution in [1.82, 2.24) is 0 Å². The minimum atomic E-state index is -2.54. The first-order chi connectivity index (χ1) is 10.5. The molecule has 0 aliphatic rings. The Morgan fingerprint density at radius 1 is 1.36 bits per heavy atom. The number of hydrogen-bond acceptors (Lipinski definition) is 5. The van der Waals surface area contributed by atoms with E-state index < -0.39 is 17.2 Å². The normalized spacial score (nSPS) is 12.5. The van der Waals surface area contributed by atoms with Crippen LogP contribution in [0.4, 0.5) is 10.7 Å². The number of anilines is 2. The fraction of sp³-hybridized carbons (Fsp3) is 0.0714. The zero-order valence-corrected chi connectivity index (χ0v) is 12.9. The molecular weight excluding hydrogens is 326 g/mol. The second-order valence-electron chi connectivity index (χ2n) is 4.47. The topological polar surface area (TPSA) is 93.8 Å². The first kappa shape index (κ1) is 14.8. The summed E-state index contributed by atoms with van der Waals surface area (Å²) in [7, 11) is 0. The molecule has 1 aromatic carbocycles. The van der Waals surface area contributed by atoms with Crippen LogP contribution in [-0.4, -0.2) is 19.8 Å². The van der Waals surface area contributed by atoms with Crippen LogP contribution < -0.4 is 4.31 Å². The van der Waals surface area contributed by atoms with Gasteiger partial charge in [-0.2, -0.15) is 0 Å². The van der Waals surface area contributed by atoms with E-state index in [2.05, 4.69) is 0 Å². The Morgan fingerprint density at radius 3 is 2.73 bits per heavy atom. The molecule has 0 aliphatic heterocycles. The number of aromatic carboxylic acids is 1. The van der Waals surface area contributed by atoms with Crippen molar-refractivity contribution in [3.05, 3.63) is 47.0 Å².